The fourth-order valence-electron chi connectivity index (χ4n) is 3.83. The van der Waals surface area contributed by atoms with Gasteiger partial charge in [-0.2, -0.15) is 13.1 Å². The average Bonchev–Trinajstić information content (AvgIpc) is 3.45. The molecule has 2 aromatic heterocycles. The second-order valence-electron chi connectivity index (χ2n) is 7.27. The normalized spacial score (nSPS) is 15.4. The van der Waals surface area contributed by atoms with Crippen LogP contribution >= 0.6 is 11.7 Å². The van der Waals surface area contributed by atoms with Gasteiger partial charge in [0.05, 0.1) is 22.2 Å². The lowest BCUT2D eigenvalue weighted by atomic mass is 10.1. The zero-order chi connectivity index (χ0) is 22.5. The Labute approximate surface area is 185 Å². The second-order valence-corrected chi connectivity index (χ2v) is 9.71. The predicted octanol–water partition coefficient (Wildman–Crippen LogP) is 2.23. The third-order valence-electron chi connectivity index (χ3n) is 5.50. The number of nitro benzene ring substituents is 1. The summed E-state index contributed by atoms with van der Waals surface area (Å²) in [5.74, 6) is -0.306. The highest BCUT2D eigenvalue weighted by molar-refractivity contribution is 7.89. The molecule has 5 rings (SSSR count). The molecule has 164 valence electrons. The Kier molecular flexibility index (Phi) is 4.87. The third-order valence-corrected chi connectivity index (χ3v) is 7.97. The monoisotopic (exact) mass is 472 g/mol. The zero-order valence-corrected chi connectivity index (χ0v) is 18.1. The summed E-state index contributed by atoms with van der Waals surface area (Å²) < 4.78 is 35.9. The number of H-pyrrole nitrogens is 1. The van der Waals surface area contributed by atoms with Crippen molar-refractivity contribution >= 4 is 55.3 Å². The number of amides is 1. The molecule has 0 aliphatic carbocycles. The van der Waals surface area contributed by atoms with E-state index in [9.17, 15) is 23.3 Å². The molecule has 0 bridgehead atoms. The number of nitro groups is 1. The van der Waals surface area contributed by atoms with Gasteiger partial charge in [0.1, 0.15) is 15.9 Å². The summed E-state index contributed by atoms with van der Waals surface area (Å²) in [7, 11) is -3.79. The number of sulfonamides is 1. The Morgan fingerprint density at radius 1 is 1.12 bits per heavy atom. The molecule has 1 amide bonds. The molecule has 3 heterocycles. The van der Waals surface area contributed by atoms with E-state index in [1.807, 2.05) is 0 Å². The van der Waals surface area contributed by atoms with Gasteiger partial charge in [-0.3, -0.25) is 14.9 Å². The summed E-state index contributed by atoms with van der Waals surface area (Å²) in [6.07, 6.45) is 1.52. The van der Waals surface area contributed by atoms with Gasteiger partial charge in [-0.1, -0.05) is 6.07 Å². The molecule has 0 unspecified atom stereocenters. The number of carbonyl (C=O) groups excluding carboxylic acids is 1. The minimum Gasteiger partial charge on any atom is -0.360 e. The van der Waals surface area contributed by atoms with E-state index in [1.54, 1.807) is 23.1 Å². The first-order valence-corrected chi connectivity index (χ1v) is 11.8. The molecule has 2 aromatic carbocycles. The van der Waals surface area contributed by atoms with Crippen molar-refractivity contribution in [1.82, 2.24) is 22.9 Å². The van der Waals surface area contributed by atoms with Crippen LogP contribution in [0.3, 0.4) is 0 Å². The minimum absolute atomic E-state index is 0.104. The van der Waals surface area contributed by atoms with E-state index in [2.05, 4.69) is 13.7 Å². The van der Waals surface area contributed by atoms with E-state index < -0.39 is 14.9 Å². The van der Waals surface area contributed by atoms with Crippen LogP contribution in [0.15, 0.2) is 47.5 Å². The van der Waals surface area contributed by atoms with Gasteiger partial charge >= 0.3 is 0 Å². The number of nitrogens with one attached hydrogen (secondary N) is 1. The highest BCUT2D eigenvalue weighted by Gasteiger charge is 2.32. The molecule has 32 heavy (non-hydrogen) atoms. The zero-order valence-electron chi connectivity index (χ0n) is 16.5. The van der Waals surface area contributed by atoms with Gasteiger partial charge in [-0.15, -0.1) is 0 Å². The van der Waals surface area contributed by atoms with Gasteiger partial charge < -0.3 is 9.88 Å². The molecule has 1 aliphatic heterocycles. The van der Waals surface area contributed by atoms with Gasteiger partial charge in [-0.05, 0) is 18.2 Å². The number of non-ortho nitro benzene ring substituents is 1. The van der Waals surface area contributed by atoms with Crippen LogP contribution in [0.4, 0.5) is 5.69 Å². The van der Waals surface area contributed by atoms with Gasteiger partial charge in [0, 0.05) is 55.4 Å². The topological polar surface area (TPSA) is 142 Å². The van der Waals surface area contributed by atoms with Crippen LogP contribution in [0, 0.1) is 10.1 Å². The van der Waals surface area contributed by atoms with Crippen LogP contribution in [-0.4, -0.2) is 68.4 Å². The Balaban J connectivity index is 1.36. The fourth-order valence-corrected chi connectivity index (χ4v) is 6.00. The number of fused-ring (bicyclic) bond motifs is 2. The van der Waals surface area contributed by atoms with Crippen LogP contribution in [-0.2, 0) is 10.0 Å². The first kappa shape index (κ1) is 20.5. The van der Waals surface area contributed by atoms with Crippen molar-refractivity contribution in [3.05, 3.63) is 58.3 Å². The van der Waals surface area contributed by atoms with Crippen molar-refractivity contribution in [3.8, 4) is 0 Å². The maximum absolute atomic E-state index is 13.2. The summed E-state index contributed by atoms with van der Waals surface area (Å²) in [5, 5.41) is 11.6. The lowest BCUT2D eigenvalue weighted by Gasteiger charge is -2.34. The van der Waals surface area contributed by atoms with Crippen molar-refractivity contribution in [3.63, 3.8) is 0 Å². The SMILES string of the molecule is O=C(c1c[nH]c2ccc([N+](=O)[O-])cc12)N1CCN(S(=O)(=O)c2cccc3nsnc23)CC1. The van der Waals surface area contributed by atoms with E-state index in [0.29, 0.717) is 27.5 Å². The first-order valence-electron chi connectivity index (χ1n) is 9.62. The molecule has 1 fully saturated rings. The molecule has 1 N–H and O–H groups in total. The number of hydrogen-bond acceptors (Lipinski definition) is 8. The lowest BCUT2D eigenvalue weighted by molar-refractivity contribution is -0.384. The number of hydrogen-bond donors (Lipinski definition) is 1. The Morgan fingerprint density at radius 3 is 2.66 bits per heavy atom. The van der Waals surface area contributed by atoms with Crippen molar-refractivity contribution in [2.24, 2.45) is 0 Å². The van der Waals surface area contributed by atoms with Gasteiger partial charge in [0.25, 0.3) is 11.6 Å². The number of piperazine rings is 1. The maximum Gasteiger partial charge on any atom is 0.270 e. The Bertz CT molecular complexity index is 1470. The second kappa shape index (κ2) is 7.62. The molecule has 4 aromatic rings. The standard InChI is InChI=1S/C19H16N6O5S2/c26-19(14-11-20-15-5-4-12(25(27)28)10-13(14)15)23-6-8-24(9-7-23)32(29,30)17-3-1-2-16-18(17)22-31-21-16/h1-5,10-11,20H,6-9H2. The number of nitrogens with zero attached hydrogens (tertiary/aromatic N) is 5. The minimum atomic E-state index is -3.79. The summed E-state index contributed by atoms with van der Waals surface area (Å²) in [6.45, 7) is 0.658. The van der Waals surface area contributed by atoms with Crippen LogP contribution in [0.5, 0.6) is 0 Å². The maximum atomic E-state index is 13.2. The van der Waals surface area contributed by atoms with Gasteiger partial charge in [0.2, 0.25) is 10.0 Å². The van der Waals surface area contributed by atoms with Crippen LogP contribution in [0.2, 0.25) is 0 Å². The van der Waals surface area contributed by atoms with E-state index in [4.69, 9.17) is 0 Å². The highest BCUT2D eigenvalue weighted by atomic mass is 32.2. The summed E-state index contributed by atoms with van der Waals surface area (Å²) in [6, 6.07) is 9.14. The van der Waals surface area contributed by atoms with Gasteiger partial charge in [-0.25, -0.2) is 8.42 Å². The van der Waals surface area contributed by atoms with Crippen molar-refractivity contribution < 1.29 is 18.1 Å². The lowest BCUT2D eigenvalue weighted by Crippen LogP contribution is -2.50. The molecule has 13 heteroatoms. The number of rotatable bonds is 4. The Morgan fingerprint density at radius 2 is 1.91 bits per heavy atom. The fraction of sp³-hybridized carbons (Fsp3) is 0.211. The van der Waals surface area contributed by atoms with Crippen molar-refractivity contribution in [1.29, 1.82) is 0 Å². The van der Waals surface area contributed by atoms with E-state index >= 15 is 0 Å². The molecule has 0 atom stereocenters. The number of aromatic nitrogens is 3. The third kappa shape index (κ3) is 3.30. The average molecular weight is 473 g/mol. The van der Waals surface area contributed by atoms with Crippen LogP contribution < -0.4 is 0 Å². The van der Waals surface area contributed by atoms with E-state index in [1.165, 1.54) is 28.7 Å². The van der Waals surface area contributed by atoms with Crippen LogP contribution in [0.1, 0.15) is 10.4 Å². The number of benzene rings is 2. The van der Waals surface area contributed by atoms with Gasteiger partial charge in [0.15, 0.2) is 0 Å². The number of carbonyl (C=O) groups is 1. The molecular formula is C19H16N6O5S2. The predicted molar refractivity (Wildman–Crippen MR) is 117 cm³/mol. The molecule has 0 radical (unpaired) electrons. The molecular weight excluding hydrogens is 456 g/mol. The van der Waals surface area contributed by atoms with Crippen LogP contribution in [0.25, 0.3) is 21.9 Å². The van der Waals surface area contributed by atoms with E-state index in [-0.39, 0.29) is 42.7 Å². The first-order chi connectivity index (χ1) is 15.4. The molecule has 0 spiro atoms. The molecule has 0 saturated carbocycles. The number of aromatic amines is 1. The van der Waals surface area contributed by atoms with Crippen molar-refractivity contribution in [2.45, 2.75) is 4.90 Å². The quantitative estimate of drug-likeness (QED) is 0.354. The summed E-state index contributed by atoms with van der Waals surface area (Å²) >= 11 is 0.955. The Hall–Kier alpha value is -3.42. The largest absolute Gasteiger partial charge is 0.360 e. The van der Waals surface area contributed by atoms with Crippen molar-refractivity contribution in [2.75, 3.05) is 26.2 Å². The summed E-state index contributed by atoms with van der Waals surface area (Å²) in [5.41, 5.74) is 1.70. The highest BCUT2D eigenvalue weighted by Crippen LogP contribution is 2.27. The molecule has 1 aliphatic rings. The summed E-state index contributed by atoms with van der Waals surface area (Å²) in [4.78, 5) is 28.3. The molecule has 1 saturated heterocycles. The molecule has 11 nitrogen and oxygen atoms in total. The van der Waals surface area contributed by atoms with E-state index in [0.717, 1.165) is 11.7 Å². The smallest absolute Gasteiger partial charge is 0.270 e.